The van der Waals surface area contributed by atoms with E-state index in [2.05, 4.69) is 10.3 Å². The van der Waals surface area contributed by atoms with Gasteiger partial charge in [0.05, 0.1) is 11.2 Å². The highest BCUT2D eigenvalue weighted by Crippen LogP contribution is 2.19. The van der Waals surface area contributed by atoms with E-state index in [4.69, 9.17) is 9.84 Å². The second kappa shape index (κ2) is 7.38. The monoisotopic (exact) mass is 296 g/mol. The third-order valence-electron chi connectivity index (χ3n) is 3.18. The highest BCUT2D eigenvalue weighted by molar-refractivity contribution is 5.88. The van der Waals surface area contributed by atoms with Crippen LogP contribution in [0.5, 0.6) is 0 Å². The summed E-state index contributed by atoms with van der Waals surface area (Å²) < 4.78 is 4.95. The largest absolute Gasteiger partial charge is 0.478 e. The van der Waals surface area contributed by atoms with Crippen molar-refractivity contribution in [3.63, 3.8) is 0 Å². The fraction of sp³-hybridized carbons (Fsp3) is 0.600. The number of nitrogens with one attached hydrogen (secondary N) is 1. The molecule has 1 aromatic rings. The molecule has 6 heteroatoms. The van der Waals surface area contributed by atoms with Crippen LogP contribution < -0.4 is 5.32 Å². The zero-order valence-electron chi connectivity index (χ0n) is 13.0. The molecule has 0 aliphatic carbocycles. The number of hydrogen-bond acceptors (Lipinski definition) is 5. The average Bonchev–Trinajstić information content (AvgIpc) is 2.42. The summed E-state index contributed by atoms with van der Waals surface area (Å²) in [6.45, 7) is 6.32. The molecule has 21 heavy (non-hydrogen) atoms. The number of nitrogens with zero attached hydrogens (tertiary/aromatic N) is 1. The van der Waals surface area contributed by atoms with E-state index in [0.29, 0.717) is 24.5 Å². The van der Waals surface area contributed by atoms with E-state index in [1.807, 2.05) is 13.8 Å². The van der Waals surface area contributed by atoms with Crippen LogP contribution in [0.1, 0.15) is 49.2 Å². The van der Waals surface area contributed by atoms with Crippen molar-refractivity contribution in [3.05, 3.63) is 23.4 Å². The molecular formula is C15H24N2O4. The molecule has 6 nitrogen and oxygen atoms in total. The molecule has 1 unspecified atom stereocenters. The van der Waals surface area contributed by atoms with E-state index in [9.17, 15) is 9.90 Å². The first-order valence-corrected chi connectivity index (χ1v) is 6.95. The quantitative estimate of drug-likeness (QED) is 0.680. The fourth-order valence-corrected chi connectivity index (χ4v) is 1.75. The molecule has 1 rings (SSSR count). The Morgan fingerprint density at radius 1 is 1.48 bits per heavy atom. The second-order valence-corrected chi connectivity index (χ2v) is 5.72. The number of carboxylic acids is 1. The molecule has 0 radical (unpaired) electrons. The molecule has 0 spiro atoms. The molecular weight excluding hydrogens is 272 g/mol. The maximum absolute atomic E-state index is 11.1. The number of carbonyl (C=O) groups is 1. The van der Waals surface area contributed by atoms with Crippen molar-refractivity contribution in [2.24, 2.45) is 0 Å². The Morgan fingerprint density at radius 2 is 2.14 bits per heavy atom. The number of pyridine rings is 1. The number of aromatic nitrogens is 1. The summed E-state index contributed by atoms with van der Waals surface area (Å²) in [6, 6.07) is 3.04. The normalized spacial score (nSPS) is 14.0. The van der Waals surface area contributed by atoms with Crippen LogP contribution in [0, 0.1) is 0 Å². The summed E-state index contributed by atoms with van der Waals surface area (Å²) in [5.41, 5.74) is -0.0591. The molecule has 0 fully saturated rings. The van der Waals surface area contributed by atoms with E-state index >= 15 is 0 Å². The number of rotatable bonds is 8. The molecule has 0 amide bonds. The number of methoxy groups -OCH3 is 1. The van der Waals surface area contributed by atoms with Crippen LogP contribution >= 0.6 is 0 Å². The van der Waals surface area contributed by atoms with Crippen molar-refractivity contribution >= 4 is 11.8 Å². The highest BCUT2D eigenvalue weighted by Gasteiger charge is 2.20. The summed E-state index contributed by atoms with van der Waals surface area (Å²) in [5.74, 6) is -0.413. The Morgan fingerprint density at radius 3 is 2.67 bits per heavy atom. The summed E-state index contributed by atoms with van der Waals surface area (Å²) in [7, 11) is 1.58. The number of ether oxygens (including phenoxy) is 1. The zero-order valence-corrected chi connectivity index (χ0v) is 13.0. The smallest absolute Gasteiger partial charge is 0.335 e. The van der Waals surface area contributed by atoms with Crippen molar-refractivity contribution < 1.29 is 19.7 Å². The van der Waals surface area contributed by atoms with Crippen LogP contribution in [0.2, 0.25) is 0 Å². The van der Waals surface area contributed by atoms with Gasteiger partial charge < -0.3 is 20.3 Å². The van der Waals surface area contributed by atoms with Crippen molar-refractivity contribution in [2.75, 3.05) is 25.6 Å². The maximum atomic E-state index is 11.1. The Balaban J connectivity index is 2.85. The van der Waals surface area contributed by atoms with Crippen LogP contribution in [0.3, 0.4) is 0 Å². The van der Waals surface area contributed by atoms with E-state index in [-0.39, 0.29) is 18.0 Å². The first kappa shape index (κ1) is 17.4. The third-order valence-corrected chi connectivity index (χ3v) is 3.18. The van der Waals surface area contributed by atoms with Gasteiger partial charge in [-0.05, 0) is 25.0 Å². The fourth-order valence-electron chi connectivity index (χ4n) is 1.75. The Labute approximate surface area is 125 Å². The molecule has 1 aromatic heterocycles. The van der Waals surface area contributed by atoms with Gasteiger partial charge >= 0.3 is 5.97 Å². The topological polar surface area (TPSA) is 91.7 Å². The standard InChI is InChI=1S/C15H24N2O4/c1-10(2)12-7-11(14(18)19)8-13(17-12)16-9-15(3,20)5-6-21-4/h7-8,10,20H,5-6,9H2,1-4H3,(H,16,17)(H,18,19). The predicted octanol–water partition coefficient (Wildman–Crippen LogP) is 2.10. The molecule has 0 aliphatic rings. The lowest BCUT2D eigenvalue weighted by Crippen LogP contribution is -2.35. The van der Waals surface area contributed by atoms with Crippen LogP contribution in [0.25, 0.3) is 0 Å². The number of carboxylic acid groups (broad SMARTS) is 1. The van der Waals surface area contributed by atoms with Gasteiger partial charge in [0.25, 0.3) is 0 Å². The van der Waals surface area contributed by atoms with E-state index < -0.39 is 11.6 Å². The van der Waals surface area contributed by atoms with Gasteiger partial charge in [-0.15, -0.1) is 0 Å². The van der Waals surface area contributed by atoms with Crippen molar-refractivity contribution in [1.29, 1.82) is 0 Å². The molecule has 0 aliphatic heterocycles. The molecule has 1 heterocycles. The van der Waals surface area contributed by atoms with E-state index in [0.717, 1.165) is 0 Å². The molecule has 0 aromatic carbocycles. The number of hydrogen-bond donors (Lipinski definition) is 3. The van der Waals surface area contributed by atoms with E-state index in [1.54, 1.807) is 20.1 Å². The van der Waals surface area contributed by atoms with Gasteiger partial charge in [0.2, 0.25) is 0 Å². The number of aromatic carboxylic acids is 1. The minimum Gasteiger partial charge on any atom is -0.478 e. The van der Waals surface area contributed by atoms with Gasteiger partial charge in [-0.25, -0.2) is 9.78 Å². The third kappa shape index (κ3) is 5.69. The second-order valence-electron chi connectivity index (χ2n) is 5.72. The predicted molar refractivity (Wildman–Crippen MR) is 80.9 cm³/mol. The molecule has 118 valence electrons. The van der Waals surface area contributed by atoms with Gasteiger partial charge in [-0.2, -0.15) is 0 Å². The lowest BCUT2D eigenvalue weighted by atomic mass is 10.0. The SMILES string of the molecule is COCCC(C)(O)CNc1cc(C(=O)O)cc(C(C)C)n1. The average molecular weight is 296 g/mol. The minimum atomic E-state index is -0.992. The first-order chi connectivity index (χ1) is 9.75. The van der Waals surface area contributed by atoms with Crippen LogP contribution in [-0.4, -0.2) is 47.0 Å². The Hall–Kier alpha value is -1.66. The number of aliphatic hydroxyl groups is 1. The summed E-state index contributed by atoms with van der Waals surface area (Å²) in [4.78, 5) is 15.5. The van der Waals surface area contributed by atoms with Gasteiger partial charge in [-0.1, -0.05) is 13.8 Å². The Bertz CT molecular complexity index is 487. The molecule has 0 saturated heterocycles. The van der Waals surface area contributed by atoms with Crippen molar-refractivity contribution in [2.45, 2.75) is 38.7 Å². The molecule has 0 saturated carbocycles. The lowest BCUT2D eigenvalue weighted by molar-refractivity contribution is 0.0357. The molecule has 1 atom stereocenters. The van der Waals surface area contributed by atoms with Crippen LogP contribution in [0.4, 0.5) is 5.82 Å². The maximum Gasteiger partial charge on any atom is 0.335 e. The highest BCUT2D eigenvalue weighted by atomic mass is 16.5. The van der Waals surface area contributed by atoms with Crippen LogP contribution in [0.15, 0.2) is 12.1 Å². The van der Waals surface area contributed by atoms with Crippen molar-refractivity contribution in [3.8, 4) is 0 Å². The molecule has 3 N–H and O–H groups in total. The van der Waals surface area contributed by atoms with Crippen LogP contribution in [-0.2, 0) is 4.74 Å². The van der Waals surface area contributed by atoms with Gasteiger partial charge in [0.15, 0.2) is 0 Å². The first-order valence-electron chi connectivity index (χ1n) is 6.95. The number of anilines is 1. The summed E-state index contributed by atoms with van der Waals surface area (Å²) in [6.07, 6.45) is 0.478. The van der Waals surface area contributed by atoms with Gasteiger partial charge in [-0.3, -0.25) is 0 Å². The van der Waals surface area contributed by atoms with Gasteiger partial charge in [0.1, 0.15) is 5.82 Å². The Kier molecular flexibility index (Phi) is 6.11. The molecule has 0 bridgehead atoms. The van der Waals surface area contributed by atoms with Gasteiger partial charge in [0, 0.05) is 32.4 Å². The lowest BCUT2D eigenvalue weighted by Gasteiger charge is -2.24. The summed E-state index contributed by atoms with van der Waals surface area (Å²) in [5, 5.41) is 22.3. The summed E-state index contributed by atoms with van der Waals surface area (Å²) >= 11 is 0. The van der Waals surface area contributed by atoms with E-state index in [1.165, 1.54) is 6.07 Å². The van der Waals surface area contributed by atoms with Crippen molar-refractivity contribution in [1.82, 2.24) is 4.98 Å². The minimum absolute atomic E-state index is 0.124. The zero-order chi connectivity index (χ0) is 16.0.